The summed E-state index contributed by atoms with van der Waals surface area (Å²) in [6.45, 7) is 0. The normalized spacial score (nSPS) is 10.8. The number of benzene rings is 1. The molecule has 108 valence electrons. The van der Waals surface area contributed by atoms with Crippen molar-refractivity contribution in [2.24, 2.45) is 5.73 Å². The summed E-state index contributed by atoms with van der Waals surface area (Å²) in [5.41, 5.74) is 4.04. The van der Waals surface area contributed by atoms with E-state index in [4.69, 9.17) is 5.73 Å². The van der Waals surface area contributed by atoms with Crippen LogP contribution in [0, 0.1) is 10.1 Å². The van der Waals surface area contributed by atoms with Crippen molar-refractivity contribution in [2.75, 3.05) is 12.9 Å². The van der Waals surface area contributed by atoms with Gasteiger partial charge in [-0.1, -0.05) is 0 Å². The molecule has 0 radical (unpaired) electrons. The molecule has 10 heteroatoms. The Morgan fingerprint density at radius 2 is 2.00 bits per heavy atom. The van der Waals surface area contributed by atoms with E-state index in [0.717, 1.165) is 19.2 Å². The van der Waals surface area contributed by atoms with Crippen molar-refractivity contribution in [3.05, 3.63) is 33.9 Å². The van der Waals surface area contributed by atoms with E-state index < -0.39 is 48.5 Å². The first-order chi connectivity index (χ1) is 9.19. The van der Waals surface area contributed by atoms with Crippen molar-refractivity contribution < 1.29 is 27.7 Å². The van der Waals surface area contributed by atoms with Crippen LogP contribution in [-0.2, 0) is 19.4 Å². The van der Waals surface area contributed by atoms with E-state index in [0.29, 0.717) is 6.07 Å². The van der Waals surface area contributed by atoms with Crippen molar-refractivity contribution in [3.8, 4) is 0 Å². The molecule has 0 saturated carbocycles. The van der Waals surface area contributed by atoms with Gasteiger partial charge in [-0.25, -0.2) is 8.42 Å². The molecular formula is C10H10N2O7S. The van der Waals surface area contributed by atoms with Gasteiger partial charge in [0, 0.05) is 12.1 Å². The van der Waals surface area contributed by atoms with Crippen molar-refractivity contribution in [3.63, 3.8) is 0 Å². The van der Waals surface area contributed by atoms with Crippen molar-refractivity contribution in [1.82, 2.24) is 0 Å². The Balaban J connectivity index is 3.47. The molecule has 0 unspecified atom stereocenters. The quantitative estimate of drug-likeness (QED) is 0.443. The molecule has 0 aromatic heterocycles. The van der Waals surface area contributed by atoms with Crippen LogP contribution in [0.15, 0.2) is 23.1 Å². The molecule has 1 rings (SSSR count). The lowest BCUT2D eigenvalue weighted by atomic mass is 10.2. The van der Waals surface area contributed by atoms with E-state index in [1.807, 2.05) is 0 Å². The smallest absolute Gasteiger partial charge is 0.321 e. The van der Waals surface area contributed by atoms with E-state index in [1.165, 1.54) is 0 Å². The Labute approximate surface area is 113 Å². The SMILES string of the molecule is COC(=O)CS(=O)(=O)c1cc([N+](=O)[O-])ccc1C(N)=O. The fraction of sp³-hybridized carbons (Fsp3) is 0.200. The second-order valence-corrected chi connectivity index (χ2v) is 5.60. The molecule has 0 heterocycles. The molecule has 0 aliphatic heterocycles. The minimum Gasteiger partial charge on any atom is -0.468 e. The standard InChI is InChI=1S/C10H10N2O7S/c1-19-9(13)5-20(17,18)8-4-6(12(15)16)2-3-7(8)10(11)14/h2-4H,5H2,1H3,(H2,11,14). The summed E-state index contributed by atoms with van der Waals surface area (Å²) < 4.78 is 28.2. The number of carbonyl (C=O) groups excluding carboxylic acids is 2. The molecule has 0 aliphatic carbocycles. The first-order valence-electron chi connectivity index (χ1n) is 5.07. The zero-order valence-electron chi connectivity index (χ0n) is 10.2. The maximum absolute atomic E-state index is 12.0. The molecule has 0 aliphatic rings. The monoisotopic (exact) mass is 302 g/mol. The molecule has 2 N–H and O–H groups in total. The lowest BCUT2D eigenvalue weighted by molar-refractivity contribution is -0.385. The predicted octanol–water partition coefficient (Wildman–Crippen LogP) is -0.360. The maximum Gasteiger partial charge on any atom is 0.321 e. The molecule has 9 nitrogen and oxygen atoms in total. The number of carbonyl (C=O) groups is 2. The predicted molar refractivity (Wildman–Crippen MR) is 65.7 cm³/mol. The molecule has 20 heavy (non-hydrogen) atoms. The number of nitrogens with zero attached hydrogens (tertiary/aromatic N) is 1. The molecule has 0 atom stereocenters. The molecule has 0 fully saturated rings. The average Bonchev–Trinajstić information content (AvgIpc) is 2.37. The van der Waals surface area contributed by atoms with Gasteiger partial charge in [-0.2, -0.15) is 0 Å². The van der Waals surface area contributed by atoms with Gasteiger partial charge in [-0.05, 0) is 6.07 Å². The number of amides is 1. The van der Waals surface area contributed by atoms with Crippen molar-refractivity contribution in [1.29, 1.82) is 0 Å². The van der Waals surface area contributed by atoms with Crippen LogP contribution in [0.25, 0.3) is 0 Å². The number of hydrogen-bond acceptors (Lipinski definition) is 7. The summed E-state index contributed by atoms with van der Waals surface area (Å²) in [4.78, 5) is 31.4. The fourth-order valence-corrected chi connectivity index (χ4v) is 2.76. The number of ether oxygens (including phenoxy) is 1. The van der Waals surface area contributed by atoms with Crippen LogP contribution in [0.2, 0.25) is 0 Å². The van der Waals surface area contributed by atoms with E-state index in [9.17, 15) is 28.1 Å². The van der Waals surface area contributed by atoms with Gasteiger partial charge in [0.15, 0.2) is 15.6 Å². The number of nitro groups is 1. The van der Waals surface area contributed by atoms with Crippen molar-refractivity contribution in [2.45, 2.75) is 4.90 Å². The Morgan fingerprint density at radius 1 is 1.40 bits per heavy atom. The summed E-state index contributed by atoms with van der Waals surface area (Å²) in [6.07, 6.45) is 0. The van der Waals surface area contributed by atoms with Crippen LogP contribution in [0.1, 0.15) is 10.4 Å². The first kappa shape index (κ1) is 15.6. The number of hydrogen-bond donors (Lipinski definition) is 1. The average molecular weight is 302 g/mol. The Kier molecular flexibility index (Phi) is 4.40. The third-order valence-electron chi connectivity index (χ3n) is 2.31. The number of sulfone groups is 1. The van der Waals surface area contributed by atoms with Gasteiger partial charge < -0.3 is 10.5 Å². The number of nitro benzene ring substituents is 1. The van der Waals surface area contributed by atoms with Crippen LogP contribution in [-0.4, -0.2) is 38.1 Å². The summed E-state index contributed by atoms with van der Waals surface area (Å²) >= 11 is 0. The topological polar surface area (TPSA) is 147 Å². The lowest BCUT2D eigenvalue weighted by Crippen LogP contribution is -2.22. The highest BCUT2D eigenvalue weighted by Gasteiger charge is 2.27. The summed E-state index contributed by atoms with van der Waals surface area (Å²) in [5.74, 6) is -3.19. The highest BCUT2D eigenvalue weighted by Crippen LogP contribution is 2.23. The number of primary amides is 1. The van der Waals surface area contributed by atoms with Crippen LogP contribution >= 0.6 is 0 Å². The second-order valence-electron chi connectivity index (χ2n) is 3.64. The first-order valence-corrected chi connectivity index (χ1v) is 6.72. The Morgan fingerprint density at radius 3 is 2.45 bits per heavy atom. The van der Waals surface area contributed by atoms with E-state index in [2.05, 4.69) is 4.74 Å². The number of non-ortho nitro benzene ring substituents is 1. The number of methoxy groups -OCH3 is 1. The molecule has 1 aromatic carbocycles. The van der Waals surface area contributed by atoms with Gasteiger partial charge in [0.25, 0.3) is 5.69 Å². The van der Waals surface area contributed by atoms with Crippen LogP contribution in [0.4, 0.5) is 5.69 Å². The van der Waals surface area contributed by atoms with Gasteiger partial charge >= 0.3 is 5.97 Å². The summed E-state index contributed by atoms with van der Waals surface area (Å²) in [5, 5.41) is 10.6. The Hall–Kier alpha value is -2.49. The van der Waals surface area contributed by atoms with Gasteiger partial charge in [-0.3, -0.25) is 19.7 Å². The summed E-state index contributed by atoms with van der Waals surface area (Å²) in [6, 6.07) is 2.54. The second kappa shape index (κ2) is 5.65. The maximum atomic E-state index is 12.0. The van der Waals surface area contributed by atoms with Gasteiger partial charge in [0.1, 0.15) is 0 Å². The third-order valence-corrected chi connectivity index (χ3v) is 3.94. The zero-order chi connectivity index (χ0) is 15.5. The molecule has 0 spiro atoms. The minimum absolute atomic E-state index is 0.431. The zero-order valence-corrected chi connectivity index (χ0v) is 11.0. The summed E-state index contributed by atoms with van der Waals surface area (Å²) in [7, 11) is -3.30. The molecule has 1 amide bonds. The van der Waals surface area contributed by atoms with Crippen LogP contribution < -0.4 is 5.73 Å². The van der Waals surface area contributed by atoms with E-state index in [1.54, 1.807) is 0 Å². The van der Waals surface area contributed by atoms with E-state index in [-0.39, 0.29) is 0 Å². The molecule has 1 aromatic rings. The highest BCUT2D eigenvalue weighted by molar-refractivity contribution is 7.92. The minimum atomic E-state index is -4.28. The third kappa shape index (κ3) is 3.29. The van der Waals surface area contributed by atoms with E-state index >= 15 is 0 Å². The van der Waals surface area contributed by atoms with Crippen molar-refractivity contribution >= 4 is 27.4 Å². The largest absolute Gasteiger partial charge is 0.468 e. The lowest BCUT2D eigenvalue weighted by Gasteiger charge is -2.07. The number of esters is 1. The van der Waals surface area contributed by atoms with Gasteiger partial charge in [0.2, 0.25) is 5.91 Å². The number of rotatable bonds is 5. The van der Waals surface area contributed by atoms with Gasteiger partial charge in [-0.15, -0.1) is 0 Å². The Bertz CT molecular complexity index is 681. The fourth-order valence-electron chi connectivity index (χ4n) is 1.38. The number of nitrogens with two attached hydrogens (primary N) is 1. The molecule has 0 saturated heterocycles. The highest BCUT2D eigenvalue weighted by atomic mass is 32.2. The molecular weight excluding hydrogens is 292 g/mol. The molecule has 0 bridgehead atoms. The van der Waals surface area contributed by atoms with Crippen LogP contribution in [0.5, 0.6) is 0 Å². The van der Waals surface area contributed by atoms with Gasteiger partial charge in [0.05, 0.1) is 22.5 Å². The van der Waals surface area contributed by atoms with Crippen LogP contribution in [0.3, 0.4) is 0 Å².